The van der Waals surface area contributed by atoms with Crippen molar-refractivity contribution in [1.82, 2.24) is 20.4 Å². The summed E-state index contributed by atoms with van der Waals surface area (Å²) in [5.41, 5.74) is 14.5. The lowest BCUT2D eigenvalue weighted by Crippen LogP contribution is -2.51. The summed E-state index contributed by atoms with van der Waals surface area (Å²) in [6.45, 7) is 4.22. The Labute approximate surface area is 504 Å². The number of carbonyl (C=O) groups excluding carboxylic acids is 7. The van der Waals surface area contributed by atoms with Crippen molar-refractivity contribution in [2.24, 2.45) is 17.4 Å². The van der Waals surface area contributed by atoms with Crippen LogP contribution in [0.1, 0.15) is 74.6 Å². The number of hydrogen-bond donors (Lipinski definition) is 7. The standard InChI is InChI=1S/C58H66Cl2N9O14PS/c1-33(2)51(61)53(71)65-42(14-9-21-63-56(62)74)52(70)64-37-17-15-34(16-18-37)32-81-57(75)66(3)22-23-67(24-25-80-4)58(76)82-45-26-43-49(40-12-7-5-10-38(40)45)35(28-59)30-68(43)54(72)47-19-20-48(85-47)55(73)69-31-36(29-60)50-41-13-8-6-11-39(41)46(27-44(50)69)83-84(77,78)79/h5-8,10-13,15-20,26-27,33,35-36,42,51H,9,14,21-25,28-32,61H2,1-4H3,(H,64,70)(H,65,71)(H3,62,63,74)(H2,77,78,79)/t35-,36-,42+,51+/m1/s1. The number of anilines is 3. The molecule has 0 unspecified atom stereocenters. The Morgan fingerprint density at radius 3 is 1.85 bits per heavy atom. The zero-order chi connectivity index (χ0) is 61.3. The van der Waals surface area contributed by atoms with Gasteiger partial charge in [-0.3, -0.25) is 29.0 Å². The van der Waals surface area contributed by atoms with E-state index in [0.29, 0.717) is 50.6 Å². The van der Waals surface area contributed by atoms with Crippen LogP contribution in [0.25, 0.3) is 21.5 Å². The van der Waals surface area contributed by atoms with Crippen LogP contribution in [0.4, 0.5) is 31.4 Å². The fourth-order valence-corrected chi connectivity index (χ4v) is 11.9. The molecule has 8 rings (SSSR count). The van der Waals surface area contributed by atoms with Crippen molar-refractivity contribution in [3.8, 4) is 11.5 Å². The van der Waals surface area contributed by atoms with Crippen LogP contribution in [0.5, 0.6) is 11.5 Å². The summed E-state index contributed by atoms with van der Waals surface area (Å²) in [5, 5.41) is 10.3. The number of benzene rings is 5. The Bertz CT molecular complexity index is 3530. The first-order chi connectivity index (χ1) is 40.6. The number of phosphoric ester groups is 1. The third-order valence-electron chi connectivity index (χ3n) is 14.6. The Morgan fingerprint density at radius 1 is 0.765 bits per heavy atom. The van der Waals surface area contributed by atoms with Gasteiger partial charge < -0.3 is 65.8 Å². The molecule has 0 saturated heterocycles. The first-order valence-electron chi connectivity index (χ1n) is 27.2. The summed E-state index contributed by atoms with van der Waals surface area (Å²) in [6, 6.07) is 24.4. The van der Waals surface area contributed by atoms with E-state index >= 15 is 0 Å². The number of phosphoric acid groups is 1. The molecule has 5 aromatic carbocycles. The molecule has 8 amide bonds. The molecule has 9 N–H and O–H groups in total. The fourth-order valence-electron chi connectivity index (χ4n) is 10.1. The average Bonchev–Trinajstić information content (AvgIpc) is 2.05. The molecule has 452 valence electrons. The Kier molecular flexibility index (Phi) is 21.0. The van der Waals surface area contributed by atoms with E-state index < -0.39 is 61.8 Å². The third kappa shape index (κ3) is 15.1. The lowest BCUT2D eigenvalue weighted by atomic mass is 9.95. The number of rotatable bonds is 24. The molecule has 0 aliphatic carbocycles. The predicted octanol–water partition coefficient (Wildman–Crippen LogP) is 8.06. The Morgan fingerprint density at radius 2 is 1.32 bits per heavy atom. The maximum atomic E-state index is 14.7. The van der Waals surface area contributed by atoms with E-state index in [1.807, 2.05) is 12.1 Å². The molecule has 0 spiro atoms. The first-order valence-corrected chi connectivity index (χ1v) is 30.6. The van der Waals surface area contributed by atoms with Crippen molar-refractivity contribution in [2.45, 2.75) is 57.2 Å². The maximum absolute atomic E-state index is 14.7. The van der Waals surface area contributed by atoms with Crippen LogP contribution in [0.3, 0.4) is 0 Å². The molecule has 3 heterocycles. The maximum Gasteiger partial charge on any atom is 0.524 e. The zero-order valence-electron chi connectivity index (χ0n) is 47.0. The number of ether oxygens (including phenoxy) is 3. The summed E-state index contributed by atoms with van der Waals surface area (Å²) >= 11 is 14.1. The molecule has 85 heavy (non-hydrogen) atoms. The number of methoxy groups -OCH3 is 1. The van der Waals surface area contributed by atoms with E-state index in [0.717, 1.165) is 22.5 Å². The lowest BCUT2D eigenvalue weighted by molar-refractivity contribution is -0.128. The van der Waals surface area contributed by atoms with E-state index in [1.165, 1.54) is 34.9 Å². The average molecular weight is 1250 g/mol. The number of hydrogen-bond acceptors (Lipinski definition) is 14. The summed E-state index contributed by atoms with van der Waals surface area (Å²) in [6.07, 6.45) is -0.917. The molecular formula is C58H66Cl2N9O14PS. The minimum atomic E-state index is -5.00. The van der Waals surface area contributed by atoms with Gasteiger partial charge in [-0.2, -0.15) is 0 Å². The van der Waals surface area contributed by atoms with Crippen molar-refractivity contribution in [2.75, 3.05) is 86.9 Å². The number of halogens is 2. The van der Waals surface area contributed by atoms with Gasteiger partial charge in [0.1, 0.15) is 24.1 Å². The second-order valence-corrected chi connectivity index (χ2v) is 23.6. The number of urea groups is 1. The monoisotopic (exact) mass is 1250 g/mol. The van der Waals surface area contributed by atoms with Gasteiger partial charge >= 0.3 is 26.0 Å². The topological polar surface area (TPSA) is 315 Å². The van der Waals surface area contributed by atoms with E-state index in [9.17, 15) is 47.9 Å². The van der Waals surface area contributed by atoms with Crippen LogP contribution in [0, 0.1) is 5.92 Å². The zero-order valence-corrected chi connectivity index (χ0v) is 50.2. The number of nitrogens with zero attached hydrogens (tertiary/aromatic N) is 4. The number of fused-ring (bicyclic) bond motifs is 6. The minimum Gasteiger partial charge on any atom is -0.445 e. The highest BCUT2D eigenvalue weighted by molar-refractivity contribution is 7.46. The Hall–Kier alpha value is -7.54. The van der Waals surface area contributed by atoms with Gasteiger partial charge in [0.2, 0.25) is 11.8 Å². The largest absolute Gasteiger partial charge is 0.524 e. The van der Waals surface area contributed by atoms with Crippen LogP contribution in [0.15, 0.2) is 97.1 Å². The molecule has 23 nitrogen and oxygen atoms in total. The van der Waals surface area contributed by atoms with E-state index in [2.05, 4.69) is 16.0 Å². The normalized spacial score (nSPS) is 15.2. The number of thiophene rings is 1. The molecule has 4 atom stereocenters. The predicted molar refractivity (Wildman–Crippen MR) is 324 cm³/mol. The molecule has 1 aromatic heterocycles. The van der Waals surface area contributed by atoms with Gasteiger partial charge in [0, 0.05) is 106 Å². The number of nitrogens with one attached hydrogen (secondary N) is 3. The van der Waals surface area contributed by atoms with Crippen molar-refractivity contribution >= 4 is 123 Å². The molecule has 2 aliphatic rings. The van der Waals surface area contributed by atoms with Gasteiger partial charge in [-0.1, -0.05) is 74.5 Å². The quantitative estimate of drug-likeness (QED) is 0.0171. The molecule has 0 fully saturated rings. The molecule has 0 saturated carbocycles. The van der Waals surface area contributed by atoms with Crippen molar-refractivity contribution in [3.63, 3.8) is 0 Å². The van der Waals surface area contributed by atoms with Gasteiger partial charge in [-0.25, -0.2) is 18.9 Å². The molecule has 0 bridgehead atoms. The first kappa shape index (κ1) is 63.5. The van der Waals surface area contributed by atoms with Gasteiger partial charge in [0.05, 0.1) is 33.8 Å². The van der Waals surface area contributed by atoms with E-state index in [4.69, 9.17) is 53.4 Å². The summed E-state index contributed by atoms with van der Waals surface area (Å²) < 4.78 is 34.3. The van der Waals surface area contributed by atoms with Crippen LogP contribution >= 0.6 is 42.4 Å². The SMILES string of the molecule is COCCN(CCN(C)C(=O)OCc1ccc(NC(=O)[C@H](CCCNC(N)=O)NC(=O)[C@@H](N)C(C)C)cc1)C(=O)Oc1cc2c(c3ccccc13)[C@H](CCl)CN2C(=O)c1ccc(C(=O)N2C[C@@H](CCl)c3c2cc(OP(=O)(O)O)c2ccccc32)s1. The van der Waals surface area contributed by atoms with Gasteiger partial charge in [0.15, 0.2) is 0 Å². The number of primary amides is 1. The second-order valence-electron chi connectivity index (χ2n) is 20.8. The summed E-state index contributed by atoms with van der Waals surface area (Å²) in [4.78, 5) is 120. The van der Waals surface area contributed by atoms with Crippen LogP contribution < -0.4 is 46.5 Å². The van der Waals surface area contributed by atoms with Gasteiger partial charge in [0.25, 0.3) is 11.8 Å². The van der Waals surface area contributed by atoms with Gasteiger partial charge in [-0.05, 0) is 70.5 Å². The third-order valence-corrected chi connectivity index (χ3v) is 16.8. The van der Waals surface area contributed by atoms with Crippen LogP contribution in [-0.2, 0) is 30.2 Å². The number of amides is 8. The smallest absolute Gasteiger partial charge is 0.445 e. The van der Waals surface area contributed by atoms with E-state index in [1.54, 1.807) is 97.6 Å². The highest BCUT2D eigenvalue weighted by Gasteiger charge is 2.39. The van der Waals surface area contributed by atoms with Gasteiger partial charge in [-0.15, -0.1) is 34.5 Å². The number of nitrogens with two attached hydrogens (primary N) is 2. The van der Waals surface area contributed by atoms with Crippen molar-refractivity contribution in [3.05, 3.63) is 124 Å². The van der Waals surface area contributed by atoms with E-state index in [-0.39, 0.29) is 110 Å². The summed E-state index contributed by atoms with van der Waals surface area (Å²) in [7, 11) is -2.00. The summed E-state index contributed by atoms with van der Waals surface area (Å²) in [5.74, 6) is -2.37. The molecule has 6 aromatic rings. The second kappa shape index (κ2) is 28.1. The van der Waals surface area contributed by atoms with Crippen molar-refractivity contribution < 1.29 is 66.6 Å². The van der Waals surface area contributed by atoms with Crippen LogP contribution in [-0.4, -0.2) is 145 Å². The molecule has 0 radical (unpaired) electrons. The highest BCUT2D eigenvalue weighted by atomic mass is 35.5. The molecule has 2 aliphatic heterocycles. The lowest BCUT2D eigenvalue weighted by Gasteiger charge is -2.25. The van der Waals surface area contributed by atoms with Crippen molar-refractivity contribution in [1.29, 1.82) is 0 Å². The van der Waals surface area contributed by atoms with Crippen LogP contribution in [0.2, 0.25) is 0 Å². The minimum absolute atomic E-state index is 0.00438. The molecular weight excluding hydrogens is 1180 g/mol. The Balaban J connectivity index is 0.924. The molecule has 27 heteroatoms. The number of likely N-dealkylation sites (N-methyl/N-ethyl adjacent to an activating group) is 1. The highest BCUT2D eigenvalue weighted by Crippen LogP contribution is 2.50. The fraction of sp³-hybridized carbons (Fsp3) is 0.362. The number of carbonyl (C=O) groups is 7. The number of alkyl halides is 2.